The van der Waals surface area contributed by atoms with Gasteiger partial charge in [0.1, 0.15) is 5.75 Å². The van der Waals surface area contributed by atoms with E-state index in [-0.39, 0.29) is 18.0 Å². The van der Waals surface area contributed by atoms with Crippen LogP contribution in [-0.2, 0) is 10.0 Å². The summed E-state index contributed by atoms with van der Waals surface area (Å²) in [6.45, 7) is 0.130. The summed E-state index contributed by atoms with van der Waals surface area (Å²) in [7, 11) is -3.72. The second kappa shape index (κ2) is 5.44. The molecular formula is C9H11F3N2O3S. The zero-order valence-electron chi connectivity index (χ0n) is 9.14. The standard InChI is InChI=1S/C9H10F3N2O3S/c10-9(11,12)17-8-3-1-2-7(6-8)14-18(15,16)5-4-13/h1-3,6H,4-5,13H2/q-1/p+1. The van der Waals surface area contributed by atoms with Crippen LogP contribution in [0.5, 0.6) is 5.75 Å². The summed E-state index contributed by atoms with van der Waals surface area (Å²) in [6.07, 6.45) is -4.83. The van der Waals surface area contributed by atoms with Gasteiger partial charge in [-0.1, -0.05) is 12.1 Å². The molecule has 0 heterocycles. The smallest absolute Gasteiger partial charge is 0.573 e. The van der Waals surface area contributed by atoms with Gasteiger partial charge in [-0.2, -0.15) is 0 Å². The van der Waals surface area contributed by atoms with E-state index in [2.05, 4.69) is 15.2 Å². The Morgan fingerprint density at radius 1 is 1.33 bits per heavy atom. The van der Waals surface area contributed by atoms with Gasteiger partial charge < -0.3 is 15.2 Å². The van der Waals surface area contributed by atoms with Crippen molar-refractivity contribution in [1.29, 1.82) is 0 Å². The fourth-order valence-electron chi connectivity index (χ4n) is 1.13. The lowest BCUT2D eigenvalue weighted by atomic mass is 10.3. The maximum absolute atomic E-state index is 12.0. The molecular weight excluding hydrogens is 273 g/mol. The Kier molecular flexibility index (Phi) is 4.41. The molecule has 18 heavy (non-hydrogen) atoms. The quantitative estimate of drug-likeness (QED) is 0.880. The summed E-state index contributed by atoms with van der Waals surface area (Å²) in [5, 5.41) is 0. The number of nitrogens with zero attached hydrogens (tertiary/aromatic N) is 1. The molecule has 1 rings (SSSR count). The third-order valence-corrected chi connectivity index (χ3v) is 2.99. The molecule has 9 heteroatoms. The molecule has 3 N–H and O–H groups in total. The minimum Gasteiger partial charge on any atom is -0.577 e. The van der Waals surface area contributed by atoms with Crippen LogP contribution in [0.4, 0.5) is 18.9 Å². The summed E-state index contributed by atoms with van der Waals surface area (Å²) in [4.78, 5) is 0. The van der Waals surface area contributed by atoms with Crippen molar-refractivity contribution in [2.45, 2.75) is 6.36 Å². The fourth-order valence-corrected chi connectivity index (χ4v) is 2.02. The molecule has 0 fully saturated rings. The zero-order chi connectivity index (χ0) is 13.8. The molecule has 0 aliphatic heterocycles. The van der Waals surface area contributed by atoms with E-state index in [0.29, 0.717) is 0 Å². The van der Waals surface area contributed by atoms with E-state index in [0.717, 1.165) is 12.1 Å². The average Bonchev–Trinajstić information content (AvgIpc) is 2.13. The molecule has 0 saturated carbocycles. The number of halogens is 3. The molecule has 0 amide bonds. The molecule has 0 spiro atoms. The van der Waals surface area contributed by atoms with E-state index in [1.54, 1.807) is 0 Å². The van der Waals surface area contributed by atoms with Crippen LogP contribution in [0.2, 0.25) is 0 Å². The Balaban J connectivity index is 2.83. The van der Waals surface area contributed by atoms with Crippen LogP contribution in [-0.4, -0.2) is 27.1 Å². The van der Waals surface area contributed by atoms with Crippen molar-refractivity contribution in [3.05, 3.63) is 29.0 Å². The third kappa shape index (κ3) is 5.23. The number of benzene rings is 1. The first-order valence-electron chi connectivity index (χ1n) is 4.82. The zero-order valence-corrected chi connectivity index (χ0v) is 9.96. The third-order valence-electron chi connectivity index (χ3n) is 1.70. The first-order valence-corrected chi connectivity index (χ1v) is 6.43. The minimum atomic E-state index is -4.83. The highest BCUT2D eigenvalue weighted by atomic mass is 32.2. The molecule has 0 bridgehead atoms. The van der Waals surface area contributed by atoms with Gasteiger partial charge in [0.05, 0.1) is 22.3 Å². The summed E-state index contributed by atoms with van der Waals surface area (Å²) in [6, 6.07) is 4.44. The molecule has 0 saturated heterocycles. The lowest BCUT2D eigenvalue weighted by molar-refractivity contribution is -0.360. The number of rotatable bonds is 5. The van der Waals surface area contributed by atoms with Crippen LogP contribution < -0.4 is 10.5 Å². The average molecular weight is 284 g/mol. The minimum absolute atomic E-state index is 0.120. The van der Waals surface area contributed by atoms with Gasteiger partial charge in [0.15, 0.2) is 0 Å². The van der Waals surface area contributed by atoms with Crippen molar-refractivity contribution in [3.8, 4) is 5.75 Å². The van der Waals surface area contributed by atoms with Crippen molar-refractivity contribution in [1.82, 2.24) is 0 Å². The summed E-state index contributed by atoms with van der Waals surface area (Å²) < 4.78 is 65.5. The largest absolute Gasteiger partial charge is 0.577 e. The van der Waals surface area contributed by atoms with E-state index in [4.69, 9.17) is 0 Å². The molecule has 0 unspecified atom stereocenters. The summed E-state index contributed by atoms with van der Waals surface area (Å²) in [5.41, 5.74) is 3.25. The van der Waals surface area contributed by atoms with Gasteiger partial charge in [0.2, 0.25) is 0 Å². The van der Waals surface area contributed by atoms with Crippen LogP contribution >= 0.6 is 0 Å². The highest BCUT2D eigenvalue weighted by molar-refractivity contribution is 7.94. The molecule has 1 aromatic carbocycles. The fraction of sp³-hybridized carbons (Fsp3) is 0.333. The highest BCUT2D eigenvalue weighted by Gasteiger charge is 2.30. The second-order valence-corrected chi connectivity index (χ2v) is 5.03. The monoisotopic (exact) mass is 284 g/mol. The number of sulfonamides is 1. The highest BCUT2D eigenvalue weighted by Crippen LogP contribution is 2.29. The Labute approximate surface area is 102 Å². The molecule has 102 valence electrons. The Bertz CT molecular complexity index is 502. The summed E-state index contributed by atoms with van der Waals surface area (Å²) in [5.74, 6) is -0.786. The number of hydrogen-bond donors (Lipinski definition) is 1. The maximum atomic E-state index is 12.0. The van der Waals surface area contributed by atoms with Crippen LogP contribution in [0.25, 0.3) is 4.72 Å². The van der Waals surface area contributed by atoms with Gasteiger partial charge in [0.25, 0.3) is 0 Å². The van der Waals surface area contributed by atoms with Gasteiger partial charge in [-0.15, -0.1) is 18.9 Å². The lowest BCUT2D eigenvalue weighted by Crippen LogP contribution is -2.52. The van der Waals surface area contributed by atoms with Crippen molar-refractivity contribution in [2.24, 2.45) is 0 Å². The van der Waals surface area contributed by atoms with Crippen LogP contribution in [0.15, 0.2) is 24.3 Å². The predicted molar refractivity (Wildman–Crippen MR) is 57.7 cm³/mol. The van der Waals surface area contributed by atoms with E-state index in [9.17, 15) is 21.6 Å². The van der Waals surface area contributed by atoms with Crippen LogP contribution in [0, 0.1) is 0 Å². The molecule has 0 atom stereocenters. The topological polar surface area (TPSA) is 85.1 Å². The van der Waals surface area contributed by atoms with Crippen molar-refractivity contribution >= 4 is 15.7 Å². The lowest BCUT2D eigenvalue weighted by Gasteiger charge is -2.21. The Morgan fingerprint density at radius 2 is 2.00 bits per heavy atom. The van der Waals surface area contributed by atoms with Crippen LogP contribution in [0.3, 0.4) is 0 Å². The number of hydrogen-bond acceptors (Lipinski definition) is 3. The van der Waals surface area contributed by atoms with Crippen LogP contribution in [0.1, 0.15) is 0 Å². The normalized spacial score (nSPS) is 12.2. The van der Waals surface area contributed by atoms with E-state index >= 15 is 0 Å². The predicted octanol–water partition coefficient (Wildman–Crippen LogP) is 1.16. The molecule has 1 aromatic rings. The summed E-state index contributed by atoms with van der Waals surface area (Å²) >= 11 is 0. The number of alkyl halides is 3. The first-order chi connectivity index (χ1) is 8.22. The SMILES string of the molecule is [NH3+]CCS(=O)(=O)[N-]c1cccc(OC(F)(F)F)c1. The van der Waals surface area contributed by atoms with E-state index < -0.39 is 22.1 Å². The maximum Gasteiger partial charge on any atom is 0.573 e. The van der Waals surface area contributed by atoms with Gasteiger partial charge in [0, 0.05) is 0 Å². The van der Waals surface area contributed by atoms with Gasteiger partial charge in [-0.3, -0.25) is 0 Å². The number of ether oxygens (including phenoxy) is 1. The molecule has 0 aliphatic carbocycles. The molecule has 0 aliphatic rings. The molecule has 0 aromatic heterocycles. The van der Waals surface area contributed by atoms with Crippen molar-refractivity contribution in [2.75, 3.05) is 12.3 Å². The number of quaternary nitrogens is 1. The Hall–Kier alpha value is -1.48. The van der Waals surface area contributed by atoms with Crippen molar-refractivity contribution < 1.29 is 32.1 Å². The van der Waals surface area contributed by atoms with E-state index in [1.807, 2.05) is 0 Å². The van der Waals surface area contributed by atoms with Gasteiger partial charge in [-0.05, 0) is 12.1 Å². The molecule has 0 radical (unpaired) electrons. The second-order valence-electron chi connectivity index (χ2n) is 3.28. The van der Waals surface area contributed by atoms with Gasteiger partial charge in [-0.25, -0.2) is 8.42 Å². The Morgan fingerprint density at radius 3 is 2.56 bits per heavy atom. The van der Waals surface area contributed by atoms with Crippen molar-refractivity contribution in [3.63, 3.8) is 0 Å². The molecule has 5 nitrogen and oxygen atoms in total. The first kappa shape index (κ1) is 14.6. The van der Waals surface area contributed by atoms with E-state index in [1.165, 1.54) is 12.1 Å². The van der Waals surface area contributed by atoms with Gasteiger partial charge >= 0.3 is 6.36 Å².